The number of ether oxygens (including phenoxy) is 1. The van der Waals surface area contributed by atoms with Gasteiger partial charge in [0.15, 0.2) is 0 Å². The van der Waals surface area contributed by atoms with Gasteiger partial charge in [-0.2, -0.15) is 0 Å². The highest BCUT2D eigenvalue weighted by atomic mass is 16.5. The molecule has 0 bridgehead atoms. The highest BCUT2D eigenvalue weighted by Gasteiger charge is 2.18. The fraction of sp³-hybridized carbons (Fsp3) is 0.167. The lowest BCUT2D eigenvalue weighted by Crippen LogP contribution is -2.44. The monoisotopic (exact) mass is 403 g/mol. The highest BCUT2D eigenvalue weighted by Crippen LogP contribution is 2.27. The Morgan fingerprint density at radius 2 is 1.30 bits per heavy atom. The zero-order chi connectivity index (χ0) is 21.2. The zero-order valence-corrected chi connectivity index (χ0v) is 16.8. The Morgan fingerprint density at radius 1 is 0.767 bits per heavy atom. The molecule has 0 saturated heterocycles. The quantitative estimate of drug-likeness (QED) is 0.503. The number of rotatable bonds is 8. The Morgan fingerprint density at radius 3 is 1.90 bits per heavy atom. The first-order valence-electron chi connectivity index (χ1n) is 9.72. The van der Waals surface area contributed by atoms with Gasteiger partial charge in [0.25, 0.3) is 5.91 Å². The zero-order valence-electron chi connectivity index (χ0n) is 16.8. The second-order valence-corrected chi connectivity index (χ2v) is 6.73. The fourth-order valence-electron chi connectivity index (χ4n) is 3.19. The van der Waals surface area contributed by atoms with Crippen molar-refractivity contribution in [2.45, 2.75) is 12.3 Å². The first kappa shape index (κ1) is 20.9. The van der Waals surface area contributed by atoms with Gasteiger partial charge in [0.1, 0.15) is 5.75 Å². The molecule has 30 heavy (non-hydrogen) atoms. The van der Waals surface area contributed by atoms with Crippen LogP contribution in [-0.4, -0.2) is 25.5 Å². The predicted molar refractivity (Wildman–Crippen MR) is 117 cm³/mol. The third-order valence-electron chi connectivity index (χ3n) is 4.68. The Bertz CT molecular complexity index is 922. The van der Waals surface area contributed by atoms with Crippen LogP contribution in [0.1, 0.15) is 23.5 Å². The predicted octanol–water partition coefficient (Wildman–Crippen LogP) is 3.48. The van der Waals surface area contributed by atoms with Crippen LogP contribution in [0.15, 0.2) is 84.9 Å². The van der Waals surface area contributed by atoms with Crippen molar-refractivity contribution < 1.29 is 14.3 Å². The van der Waals surface area contributed by atoms with Crippen LogP contribution in [0.3, 0.4) is 0 Å². The van der Waals surface area contributed by atoms with Gasteiger partial charge in [-0.05, 0) is 23.3 Å². The van der Waals surface area contributed by atoms with Gasteiger partial charge in [-0.15, -0.1) is 0 Å². The maximum absolute atomic E-state index is 12.5. The number of hydrogen-bond donors (Lipinski definition) is 3. The third-order valence-corrected chi connectivity index (χ3v) is 4.68. The van der Waals surface area contributed by atoms with E-state index in [1.165, 1.54) is 0 Å². The summed E-state index contributed by atoms with van der Waals surface area (Å²) in [5, 5.41) is 2.99. The summed E-state index contributed by atoms with van der Waals surface area (Å²) in [4.78, 5) is 24.6. The number of benzene rings is 3. The van der Waals surface area contributed by atoms with E-state index in [0.29, 0.717) is 11.4 Å². The van der Waals surface area contributed by atoms with Crippen LogP contribution in [0.25, 0.3) is 0 Å². The summed E-state index contributed by atoms with van der Waals surface area (Å²) < 4.78 is 5.24. The van der Waals surface area contributed by atoms with Gasteiger partial charge >= 0.3 is 0 Å². The molecule has 0 fully saturated rings. The molecule has 0 heterocycles. The molecule has 0 aromatic heterocycles. The van der Waals surface area contributed by atoms with E-state index in [2.05, 4.69) is 16.2 Å². The number of amides is 2. The maximum atomic E-state index is 12.5. The topological polar surface area (TPSA) is 79.5 Å². The van der Waals surface area contributed by atoms with Crippen LogP contribution in [0.2, 0.25) is 0 Å². The minimum atomic E-state index is -0.356. The molecule has 0 atom stereocenters. The van der Waals surface area contributed by atoms with Crippen molar-refractivity contribution in [1.82, 2.24) is 10.9 Å². The first-order valence-corrected chi connectivity index (χ1v) is 9.72. The lowest BCUT2D eigenvalue weighted by atomic mass is 9.88. The van der Waals surface area contributed by atoms with Crippen molar-refractivity contribution in [2.24, 2.45) is 0 Å². The van der Waals surface area contributed by atoms with E-state index in [9.17, 15) is 9.59 Å². The maximum Gasteiger partial charge on any atom is 0.257 e. The molecule has 6 heteroatoms. The molecule has 2 amide bonds. The van der Waals surface area contributed by atoms with Gasteiger partial charge in [0.2, 0.25) is 5.91 Å². The second-order valence-electron chi connectivity index (χ2n) is 6.73. The average Bonchev–Trinajstić information content (AvgIpc) is 2.81. The molecule has 0 aliphatic heterocycles. The van der Waals surface area contributed by atoms with Crippen LogP contribution in [0.4, 0.5) is 5.69 Å². The molecule has 3 aromatic carbocycles. The first-order chi connectivity index (χ1) is 14.7. The number of hydrogen-bond acceptors (Lipinski definition) is 4. The van der Waals surface area contributed by atoms with Crippen LogP contribution in [0.5, 0.6) is 5.75 Å². The van der Waals surface area contributed by atoms with Crippen molar-refractivity contribution in [3.63, 3.8) is 0 Å². The molecule has 6 nitrogen and oxygen atoms in total. The van der Waals surface area contributed by atoms with Gasteiger partial charge in [-0.3, -0.25) is 20.4 Å². The van der Waals surface area contributed by atoms with Gasteiger partial charge in [-0.25, -0.2) is 0 Å². The largest absolute Gasteiger partial charge is 0.495 e. The van der Waals surface area contributed by atoms with E-state index >= 15 is 0 Å². The van der Waals surface area contributed by atoms with Gasteiger partial charge in [0, 0.05) is 12.3 Å². The number of anilines is 1. The number of carbonyl (C=O) groups excluding carboxylic acids is 2. The van der Waals surface area contributed by atoms with Crippen molar-refractivity contribution in [2.75, 3.05) is 19.0 Å². The Balaban J connectivity index is 1.55. The Hall–Kier alpha value is -3.80. The van der Waals surface area contributed by atoms with E-state index in [0.717, 1.165) is 11.1 Å². The molecule has 154 valence electrons. The number of hydrazine groups is 1. The molecule has 3 aromatic rings. The molecule has 3 rings (SSSR count). The van der Waals surface area contributed by atoms with Crippen molar-refractivity contribution in [3.05, 3.63) is 96.1 Å². The summed E-state index contributed by atoms with van der Waals surface area (Å²) in [6.07, 6.45) is 0.217. The minimum Gasteiger partial charge on any atom is -0.495 e. The van der Waals surface area contributed by atoms with Crippen LogP contribution < -0.4 is 20.9 Å². The summed E-state index contributed by atoms with van der Waals surface area (Å²) >= 11 is 0. The van der Waals surface area contributed by atoms with Crippen molar-refractivity contribution in [3.8, 4) is 5.75 Å². The molecule has 3 N–H and O–H groups in total. The normalized spacial score (nSPS) is 10.3. The van der Waals surface area contributed by atoms with Gasteiger partial charge in [-0.1, -0.05) is 72.8 Å². The molecule has 0 spiro atoms. The molecular formula is C24H25N3O3. The van der Waals surface area contributed by atoms with E-state index in [1.807, 2.05) is 78.9 Å². The van der Waals surface area contributed by atoms with E-state index in [-0.39, 0.29) is 30.7 Å². The van der Waals surface area contributed by atoms with Crippen molar-refractivity contribution >= 4 is 17.5 Å². The highest BCUT2D eigenvalue weighted by molar-refractivity contribution is 5.85. The summed E-state index contributed by atoms with van der Waals surface area (Å²) in [6, 6.07) is 27.0. The number of para-hydroxylation sites is 2. The Kier molecular flexibility index (Phi) is 7.44. The molecule has 0 unspecified atom stereocenters. The molecule has 0 aliphatic rings. The smallest absolute Gasteiger partial charge is 0.257 e. The van der Waals surface area contributed by atoms with E-state index in [4.69, 9.17) is 4.74 Å². The molecule has 0 radical (unpaired) electrons. The van der Waals surface area contributed by atoms with Crippen LogP contribution >= 0.6 is 0 Å². The lowest BCUT2D eigenvalue weighted by Gasteiger charge is -2.18. The van der Waals surface area contributed by atoms with E-state index in [1.54, 1.807) is 13.2 Å². The number of nitrogens with one attached hydrogen (secondary N) is 3. The SMILES string of the molecule is COc1ccccc1NCC(=O)NNC(=O)CC(c1ccccc1)c1ccccc1. The minimum absolute atomic E-state index is 0.00144. The van der Waals surface area contributed by atoms with Gasteiger partial charge < -0.3 is 10.1 Å². The average molecular weight is 403 g/mol. The second kappa shape index (κ2) is 10.7. The number of methoxy groups -OCH3 is 1. The van der Waals surface area contributed by atoms with Crippen LogP contribution in [0, 0.1) is 0 Å². The lowest BCUT2D eigenvalue weighted by molar-refractivity contribution is -0.128. The molecule has 0 saturated carbocycles. The van der Waals surface area contributed by atoms with Crippen LogP contribution in [-0.2, 0) is 9.59 Å². The molecular weight excluding hydrogens is 378 g/mol. The third kappa shape index (κ3) is 5.85. The Labute approximate surface area is 176 Å². The van der Waals surface area contributed by atoms with E-state index < -0.39 is 0 Å². The fourth-order valence-corrected chi connectivity index (χ4v) is 3.19. The summed E-state index contributed by atoms with van der Waals surface area (Å²) in [5.41, 5.74) is 7.76. The summed E-state index contributed by atoms with van der Waals surface area (Å²) in [7, 11) is 1.57. The number of carbonyl (C=O) groups is 2. The standard InChI is InChI=1S/C24H25N3O3/c1-30-22-15-9-8-14-21(22)25-17-24(29)27-26-23(28)16-20(18-10-4-2-5-11-18)19-12-6-3-7-13-19/h2-15,20,25H,16-17H2,1H3,(H,26,28)(H,27,29). The summed E-state index contributed by atoms with van der Waals surface area (Å²) in [5.74, 6) is -0.0810. The summed E-state index contributed by atoms with van der Waals surface area (Å²) in [6.45, 7) is 0.00144. The van der Waals surface area contributed by atoms with Gasteiger partial charge in [0.05, 0.1) is 19.3 Å². The molecule has 0 aliphatic carbocycles. The van der Waals surface area contributed by atoms with Crippen molar-refractivity contribution in [1.29, 1.82) is 0 Å².